The molecular weight excluding hydrogens is 214 g/mol. The number of nitrogens with zero attached hydrogens (tertiary/aromatic N) is 1. The predicted molar refractivity (Wildman–Crippen MR) is 68.1 cm³/mol. The van der Waals surface area contributed by atoms with Crippen LogP contribution in [0.4, 0.5) is 0 Å². The number of rotatable bonds is 6. The van der Waals surface area contributed by atoms with Crippen LogP contribution in [0.3, 0.4) is 0 Å². The van der Waals surface area contributed by atoms with Crippen LogP contribution >= 0.6 is 0 Å². The van der Waals surface area contributed by atoms with Crippen molar-refractivity contribution < 1.29 is 9.90 Å². The fourth-order valence-corrected chi connectivity index (χ4v) is 3.22. The molecule has 2 aliphatic rings. The quantitative estimate of drug-likeness (QED) is 0.774. The van der Waals surface area contributed by atoms with Gasteiger partial charge in [0.1, 0.15) is 5.54 Å². The minimum Gasteiger partial charge on any atom is -0.480 e. The summed E-state index contributed by atoms with van der Waals surface area (Å²) in [7, 11) is 0. The maximum Gasteiger partial charge on any atom is 0.324 e. The lowest BCUT2D eigenvalue weighted by molar-refractivity contribution is -0.155. The van der Waals surface area contributed by atoms with Crippen molar-refractivity contribution in [1.29, 1.82) is 0 Å². The van der Waals surface area contributed by atoms with Crippen molar-refractivity contribution in [1.82, 2.24) is 4.90 Å². The first-order valence-corrected chi connectivity index (χ1v) is 7.21. The van der Waals surface area contributed by atoms with Gasteiger partial charge in [-0.1, -0.05) is 32.6 Å². The van der Waals surface area contributed by atoms with Crippen LogP contribution in [0, 0.1) is 0 Å². The first kappa shape index (κ1) is 12.9. The van der Waals surface area contributed by atoms with Gasteiger partial charge in [-0.15, -0.1) is 0 Å². The summed E-state index contributed by atoms with van der Waals surface area (Å²) in [6.45, 7) is 3.16. The molecule has 0 aromatic heterocycles. The Labute approximate surface area is 104 Å². The highest BCUT2D eigenvalue weighted by atomic mass is 16.4. The van der Waals surface area contributed by atoms with Crippen molar-refractivity contribution in [2.75, 3.05) is 6.54 Å². The van der Waals surface area contributed by atoms with E-state index in [1.807, 2.05) is 0 Å². The lowest BCUT2D eigenvalue weighted by Gasteiger charge is -2.43. The van der Waals surface area contributed by atoms with Crippen LogP contribution < -0.4 is 0 Å². The third-order valence-corrected chi connectivity index (χ3v) is 4.37. The van der Waals surface area contributed by atoms with Crippen molar-refractivity contribution in [2.45, 2.75) is 76.3 Å². The number of carbonyl (C=O) groups is 1. The topological polar surface area (TPSA) is 40.5 Å². The zero-order chi connectivity index (χ0) is 12.3. The number of carboxylic acids is 1. The van der Waals surface area contributed by atoms with Crippen LogP contribution in [0.15, 0.2) is 0 Å². The molecule has 2 saturated carbocycles. The number of unbranched alkanes of at least 4 members (excludes halogenated alkanes) is 1. The standard InChI is InChI=1S/C14H25NO2/c1-2-3-11-15(12-7-8-12)14(13(16)17)9-5-4-6-10-14/h12H,2-11H2,1H3,(H,16,17). The Balaban J connectivity index is 2.12. The number of carboxylic acid groups (broad SMARTS) is 1. The van der Waals surface area contributed by atoms with Crippen LogP contribution in [0.1, 0.15) is 64.7 Å². The summed E-state index contributed by atoms with van der Waals surface area (Å²) in [6.07, 6.45) is 9.80. The van der Waals surface area contributed by atoms with E-state index in [9.17, 15) is 9.90 Å². The van der Waals surface area contributed by atoms with Crippen LogP contribution in [0.25, 0.3) is 0 Å². The van der Waals surface area contributed by atoms with Crippen LogP contribution in [-0.2, 0) is 4.79 Å². The van der Waals surface area contributed by atoms with Gasteiger partial charge < -0.3 is 5.11 Å². The van der Waals surface area contributed by atoms with Crippen LogP contribution in [-0.4, -0.2) is 34.1 Å². The molecule has 0 aromatic rings. The molecule has 0 amide bonds. The average Bonchev–Trinajstić information content (AvgIpc) is 3.15. The summed E-state index contributed by atoms with van der Waals surface area (Å²) < 4.78 is 0. The van der Waals surface area contributed by atoms with E-state index in [2.05, 4.69) is 11.8 Å². The molecule has 0 unspecified atom stereocenters. The lowest BCUT2D eigenvalue weighted by Crippen LogP contribution is -2.57. The molecule has 3 heteroatoms. The van der Waals surface area contributed by atoms with Gasteiger partial charge in [0.05, 0.1) is 0 Å². The minimum absolute atomic E-state index is 0.519. The molecule has 0 aromatic carbocycles. The van der Waals surface area contributed by atoms with Gasteiger partial charge >= 0.3 is 5.97 Å². The normalized spacial score (nSPS) is 23.9. The zero-order valence-electron chi connectivity index (χ0n) is 11.0. The van der Waals surface area contributed by atoms with E-state index >= 15 is 0 Å². The Bertz CT molecular complexity index is 267. The second kappa shape index (κ2) is 5.38. The average molecular weight is 239 g/mol. The van der Waals surface area contributed by atoms with E-state index in [1.165, 1.54) is 19.3 Å². The van der Waals surface area contributed by atoms with Crippen LogP contribution in [0.5, 0.6) is 0 Å². The molecule has 0 bridgehead atoms. The van der Waals surface area contributed by atoms with Crippen molar-refractivity contribution >= 4 is 5.97 Å². The maximum atomic E-state index is 11.8. The third kappa shape index (κ3) is 2.65. The Hall–Kier alpha value is -0.570. The van der Waals surface area contributed by atoms with Gasteiger partial charge in [-0.2, -0.15) is 0 Å². The Kier molecular flexibility index (Phi) is 4.08. The fourth-order valence-electron chi connectivity index (χ4n) is 3.22. The largest absolute Gasteiger partial charge is 0.480 e. The molecule has 0 saturated heterocycles. The van der Waals surface area contributed by atoms with Gasteiger partial charge in [0.25, 0.3) is 0 Å². The molecule has 0 spiro atoms. The second-order valence-electron chi connectivity index (χ2n) is 5.68. The minimum atomic E-state index is -0.569. The molecular formula is C14H25NO2. The van der Waals surface area contributed by atoms with Gasteiger partial charge in [-0.05, 0) is 38.6 Å². The number of hydrogen-bond acceptors (Lipinski definition) is 2. The highest BCUT2D eigenvalue weighted by Crippen LogP contribution is 2.41. The molecule has 17 heavy (non-hydrogen) atoms. The molecule has 2 fully saturated rings. The van der Waals surface area contributed by atoms with E-state index in [4.69, 9.17) is 0 Å². The van der Waals surface area contributed by atoms with E-state index in [1.54, 1.807) is 0 Å². The summed E-state index contributed by atoms with van der Waals surface area (Å²) >= 11 is 0. The van der Waals surface area contributed by atoms with Gasteiger partial charge in [-0.25, -0.2) is 0 Å². The molecule has 0 aliphatic heterocycles. The van der Waals surface area contributed by atoms with Gasteiger partial charge in [0, 0.05) is 6.04 Å². The summed E-state index contributed by atoms with van der Waals surface area (Å²) in [5.41, 5.74) is -0.519. The number of aliphatic carboxylic acids is 1. The molecule has 2 rings (SSSR count). The first-order valence-electron chi connectivity index (χ1n) is 7.21. The zero-order valence-corrected chi connectivity index (χ0v) is 11.0. The summed E-state index contributed by atoms with van der Waals surface area (Å²) in [6, 6.07) is 0.566. The highest BCUT2D eigenvalue weighted by molar-refractivity contribution is 5.79. The van der Waals surface area contributed by atoms with Gasteiger partial charge in [0.2, 0.25) is 0 Å². The first-order chi connectivity index (χ1) is 8.20. The van der Waals surface area contributed by atoms with E-state index < -0.39 is 11.5 Å². The predicted octanol–water partition coefficient (Wildman–Crippen LogP) is 3.04. The molecule has 98 valence electrons. The van der Waals surface area contributed by atoms with Crippen LogP contribution in [0.2, 0.25) is 0 Å². The summed E-state index contributed by atoms with van der Waals surface area (Å²) in [5.74, 6) is -0.569. The Morgan fingerprint density at radius 1 is 1.29 bits per heavy atom. The second-order valence-corrected chi connectivity index (χ2v) is 5.68. The van der Waals surface area contributed by atoms with Gasteiger partial charge in [-0.3, -0.25) is 9.69 Å². The molecule has 1 N–H and O–H groups in total. The summed E-state index contributed by atoms with van der Waals surface area (Å²) in [5, 5.41) is 9.69. The Morgan fingerprint density at radius 2 is 1.94 bits per heavy atom. The summed E-state index contributed by atoms with van der Waals surface area (Å²) in [4.78, 5) is 14.1. The molecule has 0 atom stereocenters. The van der Waals surface area contributed by atoms with E-state index in [0.717, 1.165) is 45.1 Å². The Morgan fingerprint density at radius 3 is 2.41 bits per heavy atom. The monoisotopic (exact) mass is 239 g/mol. The SMILES string of the molecule is CCCCN(C1CC1)C1(C(=O)O)CCCCC1. The maximum absolute atomic E-state index is 11.8. The molecule has 0 heterocycles. The smallest absolute Gasteiger partial charge is 0.324 e. The number of hydrogen-bond donors (Lipinski definition) is 1. The molecule has 2 aliphatic carbocycles. The van der Waals surface area contributed by atoms with Gasteiger partial charge in [0.15, 0.2) is 0 Å². The lowest BCUT2D eigenvalue weighted by atomic mass is 9.80. The fraction of sp³-hybridized carbons (Fsp3) is 0.929. The molecule has 3 nitrogen and oxygen atoms in total. The van der Waals surface area contributed by atoms with Crippen molar-refractivity contribution in [3.8, 4) is 0 Å². The van der Waals surface area contributed by atoms with E-state index in [-0.39, 0.29) is 0 Å². The highest BCUT2D eigenvalue weighted by Gasteiger charge is 2.49. The third-order valence-electron chi connectivity index (χ3n) is 4.37. The van der Waals surface area contributed by atoms with Crippen molar-refractivity contribution in [3.05, 3.63) is 0 Å². The molecule has 0 radical (unpaired) electrons. The van der Waals surface area contributed by atoms with E-state index in [0.29, 0.717) is 6.04 Å². The van der Waals surface area contributed by atoms with Crippen molar-refractivity contribution in [2.24, 2.45) is 0 Å². The van der Waals surface area contributed by atoms with Crippen molar-refractivity contribution in [3.63, 3.8) is 0 Å².